The number of carbonyl (C=O) groups excluding carboxylic acids is 1. The van der Waals surface area contributed by atoms with E-state index >= 15 is 0 Å². The van der Waals surface area contributed by atoms with Crippen LogP contribution in [-0.2, 0) is 0 Å². The summed E-state index contributed by atoms with van der Waals surface area (Å²) in [5.74, 6) is 0.406. The van der Waals surface area contributed by atoms with Crippen LogP contribution in [0.1, 0.15) is 0 Å². The van der Waals surface area contributed by atoms with Gasteiger partial charge in [0.15, 0.2) is 0 Å². The van der Waals surface area contributed by atoms with Crippen molar-refractivity contribution in [2.24, 2.45) is 0 Å². The quantitative estimate of drug-likeness (QED) is 0.687. The molecule has 0 saturated carbocycles. The van der Waals surface area contributed by atoms with Crippen molar-refractivity contribution in [2.75, 3.05) is 0 Å². The van der Waals surface area contributed by atoms with E-state index < -0.39 is 6.09 Å². The van der Waals surface area contributed by atoms with Crippen LogP contribution in [-0.4, -0.2) is 6.09 Å². The molecule has 1 radical (unpaired) electrons. The van der Waals surface area contributed by atoms with Crippen LogP contribution in [0, 0.1) is 0 Å². The summed E-state index contributed by atoms with van der Waals surface area (Å²) in [6, 6.07) is 13.0. The average molecular weight is 186 g/mol. The van der Waals surface area contributed by atoms with Crippen molar-refractivity contribution < 1.29 is 9.53 Å². The summed E-state index contributed by atoms with van der Waals surface area (Å²) in [4.78, 5) is 10.4. The molecule has 3 heteroatoms. The molecule has 0 bridgehead atoms. The van der Waals surface area contributed by atoms with Crippen LogP contribution < -0.4 is 10.5 Å². The van der Waals surface area contributed by atoms with E-state index in [4.69, 9.17) is 5.73 Å². The zero-order valence-corrected chi connectivity index (χ0v) is 7.36. The number of benzene rings is 2. The van der Waals surface area contributed by atoms with Gasteiger partial charge in [0.25, 0.3) is 0 Å². The Morgan fingerprint density at radius 1 is 1.07 bits per heavy atom. The van der Waals surface area contributed by atoms with Gasteiger partial charge < -0.3 is 4.74 Å². The number of carbonyl (C=O) groups is 1. The average Bonchev–Trinajstić information content (AvgIpc) is 2.17. The molecule has 0 unspecified atom stereocenters. The molecule has 0 saturated heterocycles. The van der Waals surface area contributed by atoms with E-state index in [1.807, 2.05) is 30.3 Å². The molecule has 14 heavy (non-hydrogen) atoms. The maximum atomic E-state index is 10.4. The van der Waals surface area contributed by atoms with Gasteiger partial charge in [0, 0.05) is 0 Å². The van der Waals surface area contributed by atoms with Gasteiger partial charge in [-0.25, -0.2) is 10.5 Å². The van der Waals surface area contributed by atoms with Crippen LogP contribution in [0.15, 0.2) is 42.5 Å². The SMILES string of the molecule is [NH]C(=O)Oc1ccc2ccccc2c1. The Bertz CT molecular complexity index is 479. The molecule has 0 aromatic heterocycles. The number of fused-ring (bicyclic) bond motifs is 1. The lowest BCUT2D eigenvalue weighted by Crippen LogP contribution is -2.04. The van der Waals surface area contributed by atoms with Crippen molar-refractivity contribution in [3.05, 3.63) is 42.5 Å². The van der Waals surface area contributed by atoms with E-state index in [-0.39, 0.29) is 0 Å². The number of ether oxygens (including phenoxy) is 1. The van der Waals surface area contributed by atoms with Crippen LogP contribution in [0.2, 0.25) is 0 Å². The Morgan fingerprint density at radius 2 is 1.79 bits per heavy atom. The van der Waals surface area contributed by atoms with E-state index in [9.17, 15) is 4.79 Å². The highest BCUT2D eigenvalue weighted by molar-refractivity contribution is 5.84. The molecule has 0 atom stereocenters. The van der Waals surface area contributed by atoms with Crippen molar-refractivity contribution in [1.29, 1.82) is 0 Å². The largest absolute Gasteiger partial charge is 0.431 e. The summed E-state index contributed by atoms with van der Waals surface area (Å²) in [5.41, 5.74) is 6.66. The van der Waals surface area contributed by atoms with Gasteiger partial charge >= 0.3 is 6.09 Å². The van der Waals surface area contributed by atoms with Crippen molar-refractivity contribution in [3.8, 4) is 5.75 Å². The molecule has 0 aliphatic carbocycles. The number of amides is 1. The van der Waals surface area contributed by atoms with Gasteiger partial charge in [-0.3, -0.25) is 0 Å². The van der Waals surface area contributed by atoms with Crippen LogP contribution in [0.3, 0.4) is 0 Å². The zero-order chi connectivity index (χ0) is 9.97. The molecule has 0 aliphatic rings. The Morgan fingerprint density at radius 3 is 2.50 bits per heavy atom. The second-order valence-corrected chi connectivity index (χ2v) is 2.90. The Hall–Kier alpha value is -2.03. The number of hydrogen-bond donors (Lipinski definition) is 0. The second-order valence-electron chi connectivity index (χ2n) is 2.90. The highest BCUT2D eigenvalue weighted by atomic mass is 16.5. The first-order chi connectivity index (χ1) is 6.75. The third kappa shape index (κ3) is 1.66. The van der Waals surface area contributed by atoms with E-state index in [1.54, 1.807) is 12.1 Å². The minimum absolute atomic E-state index is 0.406. The molecule has 0 heterocycles. The fourth-order valence-electron chi connectivity index (χ4n) is 1.34. The van der Waals surface area contributed by atoms with E-state index in [1.165, 1.54) is 0 Å². The second kappa shape index (κ2) is 3.38. The van der Waals surface area contributed by atoms with Crippen LogP contribution >= 0.6 is 0 Å². The van der Waals surface area contributed by atoms with E-state index in [2.05, 4.69) is 4.74 Å². The summed E-state index contributed by atoms with van der Waals surface area (Å²) in [6.07, 6.45) is -1.04. The van der Waals surface area contributed by atoms with Gasteiger partial charge in [-0.1, -0.05) is 30.3 Å². The summed E-state index contributed by atoms with van der Waals surface area (Å²) >= 11 is 0. The molecular weight excluding hydrogens is 178 g/mol. The first-order valence-electron chi connectivity index (χ1n) is 4.18. The Labute approximate surface area is 81.1 Å². The highest BCUT2D eigenvalue weighted by Gasteiger charge is 1.99. The number of nitrogens with one attached hydrogen (secondary N) is 1. The minimum Gasteiger partial charge on any atom is -0.409 e. The fraction of sp³-hybridized carbons (Fsp3) is 0. The molecule has 2 rings (SSSR count). The third-order valence-corrected chi connectivity index (χ3v) is 1.93. The molecule has 2 aromatic carbocycles. The van der Waals surface area contributed by atoms with Gasteiger partial charge in [-0.15, -0.1) is 0 Å². The lowest BCUT2D eigenvalue weighted by Gasteiger charge is -2.01. The zero-order valence-electron chi connectivity index (χ0n) is 7.36. The summed E-state index contributed by atoms with van der Waals surface area (Å²) in [6.45, 7) is 0. The standard InChI is InChI=1S/C11H8NO2/c12-11(13)14-10-6-5-8-3-1-2-4-9(8)7-10/h1-7,12H. The molecule has 0 spiro atoms. The van der Waals surface area contributed by atoms with Gasteiger partial charge in [0.05, 0.1) is 0 Å². The van der Waals surface area contributed by atoms with Gasteiger partial charge in [0.2, 0.25) is 0 Å². The summed E-state index contributed by atoms with van der Waals surface area (Å²) < 4.78 is 4.65. The third-order valence-electron chi connectivity index (χ3n) is 1.93. The lowest BCUT2D eigenvalue weighted by molar-refractivity contribution is 0.209. The predicted octanol–water partition coefficient (Wildman–Crippen LogP) is 2.62. The number of hydrogen-bond acceptors (Lipinski definition) is 2. The molecular formula is C11H8NO2. The first-order valence-corrected chi connectivity index (χ1v) is 4.18. The van der Waals surface area contributed by atoms with Gasteiger partial charge in [0.1, 0.15) is 5.75 Å². The van der Waals surface area contributed by atoms with Gasteiger partial charge in [-0.05, 0) is 22.9 Å². The maximum absolute atomic E-state index is 10.4. The topological polar surface area (TPSA) is 50.1 Å². The minimum atomic E-state index is -1.04. The molecule has 1 N–H and O–H groups in total. The van der Waals surface area contributed by atoms with E-state index in [0.29, 0.717) is 5.75 Å². The lowest BCUT2D eigenvalue weighted by atomic mass is 10.1. The smallest absolute Gasteiger partial charge is 0.409 e. The van der Waals surface area contributed by atoms with Crippen molar-refractivity contribution >= 4 is 16.9 Å². The molecule has 0 aliphatic heterocycles. The summed E-state index contributed by atoms with van der Waals surface area (Å²) in [7, 11) is 0. The van der Waals surface area contributed by atoms with Crippen molar-refractivity contribution in [3.63, 3.8) is 0 Å². The van der Waals surface area contributed by atoms with Crippen molar-refractivity contribution in [2.45, 2.75) is 0 Å². The number of rotatable bonds is 1. The molecule has 3 nitrogen and oxygen atoms in total. The van der Waals surface area contributed by atoms with Crippen molar-refractivity contribution in [1.82, 2.24) is 5.73 Å². The van der Waals surface area contributed by atoms with Gasteiger partial charge in [-0.2, -0.15) is 0 Å². The highest BCUT2D eigenvalue weighted by Crippen LogP contribution is 2.20. The monoisotopic (exact) mass is 186 g/mol. The van der Waals surface area contributed by atoms with Crippen LogP contribution in [0.25, 0.3) is 10.8 Å². The first kappa shape index (κ1) is 8.56. The molecule has 0 fully saturated rings. The normalized spacial score (nSPS) is 10.0. The fourth-order valence-corrected chi connectivity index (χ4v) is 1.34. The Balaban J connectivity index is 2.46. The van der Waals surface area contributed by atoms with Crippen LogP contribution in [0.5, 0.6) is 5.75 Å². The van der Waals surface area contributed by atoms with Crippen LogP contribution in [0.4, 0.5) is 4.79 Å². The summed E-state index contributed by atoms with van der Waals surface area (Å²) in [5, 5.41) is 2.07. The maximum Gasteiger partial charge on any atom is 0.431 e. The predicted molar refractivity (Wildman–Crippen MR) is 53.1 cm³/mol. The Kier molecular flexibility index (Phi) is 2.07. The molecule has 1 amide bonds. The van der Waals surface area contributed by atoms with E-state index in [0.717, 1.165) is 10.8 Å². The molecule has 69 valence electrons. The molecule has 2 aromatic rings.